The van der Waals surface area contributed by atoms with Crippen LogP contribution in [-0.4, -0.2) is 10.6 Å². The first-order valence-corrected chi connectivity index (χ1v) is 11.8. The third-order valence-electron chi connectivity index (χ3n) is 6.39. The van der Waals surface area contributed by atoms with Gasteiger partial charge in [0, 0.05) is 49.6 Å². The van der Waals surface area contributed by atoms with Crippen LogP contribution in [0.3, 0.4) is 0 Å². The molecule has 4 atom stereocenters. The molecule has 2 aliphatic rings. The molecule has 1 saturated carbocycles. The minimum absolute atomic E-state index is 0.146. The van der Waals surface area contributed by atoms with Gasteiger partial charge < -0.3 is 4.42 Å². The number of halogens is 1. The van der Waals surface area contributed by atoms with Crippen molar-refractivity contribution in [3.8, 4) is 22.6 Å². The van der Waals surface area contributed by atoms with Crippen molar-refractivity contribution in [1.82, 2.24) is 0 Å². The van der Waals surface area contributed by atoms with Crippen LogP contribution in [0, 0.1) is 0 Å². The van der Waals surface area contributed by atoms with Gasteiger partial charge in [-0.2, -0.15) is 0 Å². The second-order valence-electron chi connectivity index (χ2n) is 8.10. The van der Waals surface area contributed by atoms with Crippen LogP contribution >= 0.6 is 23.4 Å². The number of benzene rings is 3. The fourth-order valence-electron chi connectivity index (χ4n) is 5.18. The summed E-state index contributed by atoms with van der Waals surface area (Å²) in [5.41, 5.74) is 5.01. The summed E-state index contributed by atoms with van der Waals surface area (Å²) in [6, 6.07) is 31.7. The van der Waals surface area contributed by atoms with E-state index in [1.807, 2.05) is 11.8 Å². The van der Waals surface area contributed by atoms with Crippen LogP contribution in [0.15, 0.2) is 100 Å². The smallest absolute Gasteiger partial charge is 0.138 e. The Labute approximate surface area is 186 Å². The first-order chi connectivity index (χ1) is 14.8. The van der Waals surface area contributed by atoms with Gasteiger partial charge in [-0.1, -0.05) is 78.9 Å². The van der Waals surface area contributed by atoms with Crippen molar-refractivity contribution in [3.05, 3.63) is 102 Å². The number of furan rings is 1. The second-order valence-corrected chi connectivity index (χ2v) is 9.91. The molecule has 1 heterocycles. The van der Waals surface area contributed by atoms with Gasteiger partial charge in [0.15, 0.2) is 0 Å². The van der Waals surface area contributed by atoms with Crippen molar-refractivity contribution < 1.29 is 4.42 Å². The lowest BCUT2D eigenvalue weighted by Crippen LogP contribution is -2.12. The first kappa shape index (κ1) is 18.4. The summed E-state index contributed by atoms with van der Waals surface area (Å²) in [5, 5.41) is 0.591. The van der Waals surface area contributed by atoms with E-state index in [2.05, 4.69) is 91.0 Å². The minimum Gasteiger partial charge on any atom is -0.455 e. The molecule has 1 fully saturated rings. The third-order valence-corrected chi connectivity index (χ3v) is 8.28. The molecule has 0 aliphatic heterocycles. The van der Waals surface area contributed by atoms with Crippen LogP contribution in [0.5, 0.6) is 0 Å². The Balaban J connectivity index is 1.52. The Bertz CT molecular complexity index is 1170. The average Bonchev–Trinajstić information content (AvgIpc) is 3.43. The molecule has 0 radical (unpaired) electrons. The summed E-state index contributed by atoms with van der Waals surface area (Å²) in [5.74, 6) is 2.74. The number of fused-ring (bicyclic) bond motifs is 5. The number of hydrogen-bond acceptors (Lipinski definition) is 2. The highest BCUT2D eigenvalue weighted by atomic mass is 35.5. The molecule has 4 aromatic rings. The number of hydrogen-bond donors (Lipinski definition) is 0. The summed E-state index contributed by atoms with van der Waals surface area (Å²) in [7, 11) is 0. The molecule has 0 saturated heterocycles. The molecule has 148 valence electrons. The van der Waals surface area contributed by atoms with Crippen LogP contribution in [0.25, 0.3) is 22.6 Å². The molecular formula is C27H21ClOS. The van der Waals surface area contributed by atoms with Crippen molar-refractivity contribution in [3.63, 3.8) is 0 Å². The second kappa shape index (κ2) is 7.37. The SMILES string of the molecule is Cl[C@@H]1C[C@H]2c3c(-c4ccccc4)oc(-c4ccccc4)c3[C@@H]1[C@H]2Sc1ccccc1. The summed E-state index contributed by atoms with van der Waals surface area (Å²) in [6.07, 6.45) is 1.01. The molecule has 0 spiro atoms. The lowest BCUT2D eigenvalue weighted by Gasteiger charge is -2.19. The van der Waals surface area contributed by atoms with Crippen molar-refractivity contribution in [2.75, 3.05) is 0 Å². The van der Waals surface area contributed by atoms with Crippen LogP contribution in [0.2, 0.25) is 0 Å². The summed E-state index contributed by atoms with van der Waals surface area (Å²) >= 11 is 8.93. The summed E-state index contributed by atoms with van der Waals surface area (Å²) in [4.78, 5) is 1.31. The minimum atomic E-state index is 0.146. The Kier molecular flexibility index (Phi) is 4.51. The van der Waals surface area contributed by atoms with Gasteiger partial charge in [-0.25, -0.2) is 0 Å². The van der Waals surface area contributed by atoms with Crippen LogP contribution in [0.1, 0.15) is 29.4 Å². The lowest BCUT2D eigenvalue weighted by atomic mass is 9.89. The molecule has 0 amide bonds. The van der Waals surface area contributed by atoms with Gasteiger partial charge in [0.1, 0.15) is 11.5 Å². The highest BCUT2D eigenvalue weighted by Crippen LogP contribution is 2.65. The average molecular weight is 429 g/mol. The molecule has 0 unspecified atom stereocenters. The largest absolute Gasteiger partial charge is 0.455 e. The van der Waals surface area contributed by atoms with Crippen molar-refractivity contribution >= 4 is 23.4 Å². The van der Waals surface area contributed by atoms with Gasteiger partial charge in [-0.3, -0.25) is 0 Å². The standard InChI is InChI=1S/C27H21ClOS/c28-21-16-20-22-24(23(21)27(20)30-19-14-8-3-9-15-19)26(18-12-6-2-7-13-18)29-25(22)17-10-4-1-5-11-17/h1-15,20-21,23,27H,16H2/t20-,21+,23+,27-/m0/s1. The van der Waals surface area contributed by atoms with Crippen molar-refractivity contribution in [2.45, 2.75) is 33.8 Å². The molecule has 3 aromatic carbocycles. The highest BCUT2D eigenvalue weighted by Gasteiger charge is 2.55. The van der Waals surface area contributed by atoms with E-state index in [1.165, 1.54) is 16.0 Å². The Morgan fingerprint density at radius 2 is 1.23 bits per heavy atom. The topological polar surface area (TPSA) is 13.1 Å². The number of thioether (sulfide) groups is 1. The zero-order chi connectivity index (χ0) is 20.1. The molecular weight excluding hydrogens is 408 g/mol. The molecule has 3 heteroatoms. The monoisotopic (exact) mass is 428 g/mol. The number of alkyl halides is 1. The van der Waals surface area contributed by atoms with Crippen LogP contribution < -0.4 is 0 Å². The van der Waals surface area contributed by atoms with Gasteiger partial charge in [-0.15, -0.1) is 23.4 Å². The Morgan fingerprint density at radius 3 is 1.83 bits per heavy atom. The van der Waals surface area contributed by atoms with E-state index in [0.29, 0.717) is 17.1 Å². The fraction of sp³-hybridized carbons (Fsp3) is 0.185. The summed E-state index contributed by atoms with van der Waals surface area (Å²) in [6.45, 7) is 0. The maximum Gasteiger partial charge on any atom is 0.138 e. The quantitative estimate of drug-likeness (QED) is 0.306. The predicted molar refractivity (Wildman–Crippen MR) is 125 cm³/mol. The van der Waals surface area contributed by atoms with Gasteiger partial charge in [0.05, 0.1) is 0 Å². The van der Waals surface area contributed by atoms with Gasteiger partial charge in [-0.05, 0) is 18.6 Å². The van der Waals surface area contributed by atoms with E-state index in [4.69, 9.17) is 16.0 Å². The molecule has 2 bridgehead atoms. The molecule has 2 aliphatic carbocycles. The van der Waals surface area contributed by atoms with Gasteiger partial charge in [0.2, 0.25) is 0 Å². The van der Waals surface area contributed by atoms with E-state index in [9.17, 15) is 0 Å². The van der Waals surface area contributed by atoms with E-state index < -0.39 is 0 Å². The molecule has 30 heavy (non-hydrogen) atoms. The molecule has 1 nitrogen and oxygen atoms in total. The zero-order valence-electron chi connectivity index (χ0n) is 16.4. The maximum absolute atomic E-state index is 6.96. The van der Waals surface area contributed by atoms with Crippen molar-refractivity contribution in [2.24, 2.45) is 0 Å². The molecule has 1 aromatic heterocycles. The first-order valence-electron chi connectivity index (χ1n) is 10.4. The van der Waals surface area contributed by atoms with Crippen LogP contribution in [-0.2, 0) is 0 Å². The third kappa shape index (κ3) is 2.85. The normalized spacial score (nSPS) is 24.2. The van der Waals surface area contributed by atoms with Crippen molar-refractivity contribution in [1.29, 1.82) is 0 Å². The van der Waals surface area contributed by atoms with E-state index in [-0.39, 0.29) is 5.38 Å². The highest BCUT2D eigenvalue weighted by molar-refractivity contribution is 8.00. The van der Waals surface area contributed by atoms with Gasteiger partial charge >= 0.3 is 0 Å². The number of rotatable bonds is 4. The predicted octanol–water partition coefficient (Wildman–Crippen LogP) is 7.97. The van der Waals surface area contributed by atoms with E-state index in [0.717, 1.165) is 29.1 Å². The maximum atomic E-state index is 6.96. The Morgan fingerprint density at radius 1 is 0.700 bits per heavy atom. The molecule has 0 N–H and O–H groups in total. The zero-order valence-corrected chi connectivity index (χ0v) is 17.9. The van der Waals surface area contributed by atoms with E-state index >= 15 is 0 Å². The fourth-order valence-corrected chi connectivity index (χ4v) is 7.26. The van der Waals surface area contributed by atoms with E-state index in [1.54, 1.807) is 0 Å². The Hall–Kier alpha value is -2.42. The van der Waals surface area contributed by atoms with Gasteiger partial charge in [0.25, 0.3) is 0 Å². The molecule has 6 rings (SSSR count). The summed E-state index contributed by atoms with van der Waals surface area (Å²) < 4.78 is 6.62. The lowest BCUT2D eigenvalue weighted by molar-refractivity contribution is 0.580. The van der Waals surface area contributed by atoms with Crippen LogP contribution in [0.4, 0.5) is 0 Å².